The molecule has 0 radical (unpaired) electrons. The van der Waals surface area contributed by atoms with E-state index in [-0.39, 0.29) is 30.7 Å². The number of aryl methyl sites for hydroxylation is 2. The van der Waals surface area contributed by atoms with Crippen molar-refractivity contribution >= 4 is 36.4 Å². The van der Waals surface area contributed by atoms with Crippen LogP contribution in [-0.4, -0.2) is 24.5 Å². The first-order chi connectivity index (χ1) is 11.0. The minimum atomic E-state index is 0. The summed E-state index contributed by atoms with van der Waals surface area (Å²) in [6.45, 7) is 4.48. The molecular weight excluding hydrogens is 357 g/mol. The highest BCUT2D eigenvalue weighted by atomic mass is 35.5. The van der Waals surface area contributed by atoms with Crippen LogP contribution in [0.1, 0.15) is 43.2 Å². The maximum absolute atomic E-state index is 12.4. The van der Waals surface area contributed by atoms with Crippen LogP contribution < -0.4 is 16.4 Å². The summed E-state index contributed by atoms with van der Waals surface area (Å²) < 4.78 is 0. The molecule has 4 N–H and O–H groups in total. The Hall–Kier alpha value is -0.970. The molecule has 142 valence electrons. The first-order valence-electron chi connectivity index (χ1n) is 8.89. The van der Waals surface area contributed by atoms with Crippen LogP contribution in [0.2, 0.25) is 0 Å². The van der Waals surface area contributed by atoms with E-state index in [1.54, 1.807) is 0 Å². The molecule has 0 spiro atoms. The SMILES string of the molecule is Cc1cccc(C)c1NCC(=O)NC1C2CCCC1CC(N)C2.Cl.Cl. The van der Waals surface area contributed by atoms with Crippen LogP contribution in [0.3, 0.4) is 0 Å². The van der Waals surface area contributed by atoms with Gasteiger partial charge in [-0.25, -0.2) is 0 Å². The fraction of sp³-hybridized carbons (Fsp3) is 0.632. The van der Waals surface area contributed by atoms with E-state index in [4.69, 9.17) is 5.73 Å². The van der Waals surface area contributed by atoms with E-state index in [0.29, 0.717) is 30.5 Å². The summed E-state index contributed by atoms with van der Waals surface area (Å²) in [4.78, 5) is 12.4. The van der Waals surface area contributed by atoms with Crippen LogP contribution in [0, 0.1) is 25.7 Å². The van der Waals surface area contributed by atoms with Crippen molar-refractivity contribution < 1.29 is 4.79 Å². The highest BCUT2D eigenvalue weighted by Gasteiger charge is 2.39. The van der Waals surface area contributed by atoms with Gasteiger partial charge >= 0.3 is 0 Å². The molecule has 2 fully saturated rings. The zero-order chi connectivity index (χ0) is 16.4. The predicted molar refractivity (Wildman–Crippen MR) is 109 cm³/mol. The Morgan fingerprint density at radius 2 is 1.68 bits per heavy atom. The van der Waals surface area contributed by atoms with E-state index in [1.165, 1.54) is 30.4 Å². The maximum atomic E-state index is 12.4. The normalized spacial score (nSPS) is 27.5. The molecule has 0 heterocycles. The minimum Gasteiger partial charge on any atom is -0.376 e. The summed E-state index contributed by atoms with van der Waals surface area (Å²) in [5, 5.41) is 6.60. The maximum Gasteiger partial charge on any atom is 0.239 e. The van der Waals surface area contributed by atoms with Gasteiger partial charge in [0.25, 0.3) is 0 Å². The summed E-state index contributed by atoms with van der Waals surface area (Å²) in [6.07, 6.45) is 5.82. The number of nitrogens with one attached hydrogen (secondary N) is 2. The topological polar surface area (TPSA) is 67.2 Å². The summed E-state index contributed by atoms with van der Waals surface area (Å²) in [6, 6.07) is 6.84. The number of carbonyl (C=O) groups is 1. The molecule has 1 amide bonds. The molecule has 0 aliphatic heterocycles. The Bertz CT molecular complexity index is 548. The number of halogens is 2. The predicted octanol–water partition coefficient (Wildman–Crippen LogP) is 3.58. The number of para-hydroxylation sites is 1. The van der Waals surface area contributed by atoms with Gasteiger partial charge in [-0.2, -0.15) is 0 Å². The zero-order valence-electron chi connectivity index (χ0n) is 15.1. The van der Waals surface area contributed by atoms with Crippen LogP contribution in [0.4, 0.5) is 5.69 Å². The van der Waals surface area contributed by atoms with E-state index in [2.05, 4.69) is 36.6 Å². The quantitative estimate of drug-likeness (QED) is 0.739. The number of amides is 1. The van der Waals surface area contributed by atoms with Crippen LogP contribution in [0.5, 0.6) is 0 Å². The number of hydrogen-bond acceptors (Lipinski definition) is 3. The molecule has 2 aliphatic rings. The highest BCUT2D eigenvalue weighted by Crippen LogP contribution is 2.39. The lowest BCUT2D eigenvalue weighted by atomic mass is 9.67. The van der Waals surface area contributed by atoms with E-state index >= 15 is 0 Å². The van der Waals surface area contributed by atoms with Crippen molar-refractivity contribution in [1.29, 1.82) is 0 Å². The number of fused-ring (bicyclic) bond motifs is 2. The lowest BCUT2D eigenvalue weighted by molar-refractivity contribution is -0.121. The number of anilines is 1. The fourth-order valence-electron chi connectivity index (χ4n) is 4.52. The standard InChI is InChI=1S/C19H29N3O.2ClH/c1-12-5-3-6-13(2)18(12)21-11-17(23)22-19-14-7-4-8-15(19)10-16(20)9-14;;/h3,5-6,14-16,19,21H,4,7-11,20H2,1-2H3,(H,22,23);2*1H. The largest absolute Gasteiger partial charge is 0.376 e. The summed E-state index contributed by atoms with van der Waals surface area (Å²) in [5.74, 6) is 1.24. The van der Waals surface area contributed by atoms with Gasteiger partial charge in [-0.05, 0) is 62.5 Å². The van der Waals surface area contributed by atoms with Gasteiger partial charge in [-0.1, -0.05) is 24.6 Å². The van der Waals surface area contributed by atoms with Gasteiger partial charge in [-0.3, -0.25) is 4.79 Å². The van der Waals surface area contributed by atoms with Crippen LogP contribution in [-0.2, 0) is 4.79 Å². The van der Waals surface area contributed by atoms with E-state index < -0.39 is 0 Å². The molecule has 2 bridgehead atoms. The monoisotopic (exact) mass is 387 g/mol. The number of nitrogens with two attached hydrogens (primary N) is 1. The van der Waals surface area contributed by atoms with Gasteiger partial charge in [0.05, 0.1) is 6.54 Å². The van der Waals surface area contributed by atoms with Crippen LogP contribution in [0.25, 0.3) is 0 Å². The summed E-state index contributed by atoms with van der Waals surface area (Å²) in [7, 11) is 0. The van der Waals surface area contributed by atoms with Crippen LogP contribution >= 0.6 is 24.8 Å². The third-order valence-corrected chi connectivity index (χ3v) is 5.61. The average molecular weight is 388 g/mol. The Labute approximate surface area is 163 Å². The van der Waals surface area contributed by atoms with Crippen molar-refractivity contribution in [2.24, 2.45) is 17.6 Å². The zero-order valence-corrected chi connectivity index (χ0v) is 16.7. The van der Waals surface area contributed by atoms with Gasteiger partial charge in [0.1, 0.15) is 0 Å². The van der Waals surface area contributed by atoms with E-state index in [1.807, 2.05) is 6.07 Å². The minimum absolute atomic E-state index is 0. The number of carbonyl (C=O) groups excluding carboxylic acids is 1. The molecule has 1 aromatic rings. The van der Waals surface area contributed by atoms with Crippen LogP contribution in [0.15, 0.2) is 18.2 Å². The summed E-state index contributed by atoms with van der Waals surface area (Å²) >= 11 is 0. The second kappa shape index (κ2) is 9.65. The number of benzene rings is 1. The summed E-state index contributed by atoms with van der Waals surface area (Å²) in [5.41, 5.74) is 9.60. The number of hydrogen-bond donors (Lipinski definition) is 3. The Morgan fingerprint density at radius 3 is 2.24 bits per heavy atom. The molecular formula is C19H31Cl2N3O. The van der Waals surface area contributed by atoms with Crippen molar-refractivity contribution in [2.45, 2.75) is 58.0 Å². The first kappa shape index (κ1) is 22.1. The lowest BCUT2D eigenvalue weighted by Gasteiger charge is -2.45. The van der Waals surface area contributed by atoms with Gasteiger partial charge in [-0.15, -0.1) is 24.8 Å². The molecule has 2 saturated carbocycles. The van der Waals surface area contributed by atoms with E-state index in [0.717, 1.165) is 18.5 Å². The van der Waals surface area contributed by atoms with Crippen molar-refractivity contribution in [1.82, 2.24) is 5.32 Å². The smallest absolute Gasteiger partial charge is 0.239 e. The van der Waals surface area contributed by atoms with Crippen molar-refractivity contribution in [3.05, 3.63) is 29.3 Å². The molecule has 0 aromatic heterocycles. The third kappa shape index (κ3) is 5.25. The first-order valence-corrected chi connectivity index (χ1v) is 8.89. The van der Waals surface area contributed by atoms with E-state index in [9.17, 15) is 4.79 Å². The molecule has 2 unspecified atom stereocenters. The third-order valence-electron chi connectivity index (χ3n) is 5.61. The molecule has 1 aromatic carbocycles. The molecule has 6 heteroatoms. The van der Waals surface area contributed by atoms with Crippen molar-refractivity contribution in [3.8, 4) is 0 Å². The van der Waals surface area contributed by atoms with Crippen molar-refractivity contribution in [3.63, 3.8) is 0 Å². The van der Waals surface area contributed by atoms with Gasteiger partial charge < -0.3 is 16.4 Å². The Kier molecular flexibility index (Phi) is 8.52. The van der Waals surface area contributed by atoms with Gasteiger partial charge in [0.2, 0.25) is 5.91 Å². The average Bonchev–Trinajstić information content (AvgIpc) is 2.47. The molecule has 3 rings (SSSR count). The highest BCUT2D eigenvalue weighted by molar-refractivity contribution is 5.85. The molecule has 2 aliphatic carbocycles. The van der Waals surface area contributed by atoms with Gasteiger partial charge in [0.15, 0.2) is 0 Å². The fourth-order valence-corrected chi connectivity index (χ4v) is 4.52. The second-order valence-electron chi connectivity index (χ2n) is 7.40. The molecule has 2 atom stereocenters. The lowest BCUT2D eigenvalue weighted by Crippen LogP contribution is -2.54. The molecule has 0 saturated heterocycles. The Balaban J connectivity index is 0.00000156. The van der Waals surface area contributed by atoms with Crippen molar-refractivity contribution in [2.75, 3.05) is 11.9 Å². The number of rotatable bonds is 4. The second-order valence-corrected chi connectivity index (χ2v) is 7.40. The van der Waals surface area contributed by atoms with Gasteiger partial charge in [0, 0.05) is 17.8 Å². The molecule has 4 nitrogen and oxygen atoms in total. The molecule has 25 heavy (non-hydrogen) atoms. The Morgan fingerprint density at radius 1 is 1.12 bits per heavy atom.